The van der Waals surface area contributed by atoms with Gasteiger partial charge in [0, 0.05) is 24.6 Å². The van der Waals surface area contributed by atoms with E-state index < -0.39 is 29.4 Å². The van der Waals surface area contributed by atoms with E-state index in [4.69, 9.17) is 4.52 Å². The van der Waals surface area contributed by atoms with Gasteiger partial charge in [-0.25, -0.2) is 4.79 Å². The highest BCUT2D eigenvalue weighted by Crippen LogP contribution is 2.36. The van der Waals surface area contributed by atoms with Gasteiger partial charge in [0.15, 0.2) is 0 Å². The van der Waals surface area contributed by atoms with E-state index >= 15 is 0 Å². The van der Waals surface area contributed by atoms with Crippen LogP contribution in [0.4, 0.5) is 18.0 Å². The average Bonchev–Trinajstić information content (AvgIpc) is 3.00. The monoisotopic (exact) mass is 370 g/mol. The Morgan fingerprint density at radius 3 is 2.69 bits per heavy atom. The van der Waals surface area contributed by atoms with Crippen LogP contribution in [0, 0.1) is 0 Å². The Morgan fingerprint density at radius 1 is 1.35 bits per heavy atom. The lowest BCUT2D eigenvalue weighted by Gasteiger charge is -2.37. The lowest BCUT2D eigenvalue weighted by molar-refractivity contribution is -0.138. The summed E-state index contributed by atoms with van der Waals surface area (Å²) >= 11 is 0. The molecule has 0 unspecified atom stereocenters. The van der Waals surface area contributed by atoms with Gasteiger partial charge in [0.2, 0.25) is 0 Å². The summed E-state index contributed by atoms with van der Waals surface area (Å²) in [7, 11) is 0. The number of hydrogen-bond donors (Lipinski definition) is 2. The summed E-state index contributed by atoms with van der Waals surface area (Å²) < 4.78 is 44.7. The first-order chi connectivity index (χ1) is 12.3. The van der Waals surface area contributed by atoms with Crippen molar-refractivity contribution >= 4 is 6.09 Å². The number of nitrogens with zero attached hydrogens (tertiary/aromatic N) is 1. The molecule has 1 amide bonds. The molecule has 2 N–H and O–H groups in total. The summed E-state index contributed by atoms with van der Waals surface area (Å²) in [4.78, 5) is 23.9. The lowest BCUT2D eigenvalue weighted by atomic mass is 9.85. The molecule has 1 aromatic heterocycles. The summed E-state index contributed by atoms with van der Waals surface area (Å²) in [6, 6.07) is 5.81. The second-order valence-electron chi connectivity index (χ2n) is 6.33. The molecule has 6 nitrogen and oxygen atoms in total. The smallest absolute Gasteiger partial charge is 0.416 e. The molecule has 0 bridgehead atoms. The van der Waals surface area contributed by atoms with Crippen molar-refractivity contribution < 1.29 is 27.6 Å². The van der Waals surface area contributed by atoms with Crippen molar-refractivity contribution in [2.75, 3.05) is 6.54 Å². The first kappa shape index (κ1) is 18.1. The molecule has 140 valence electrons. The van der Waals surface area contributed by atoms with Gasteiger partial charge < -0.3 is 14.5 Å². The van der Waals surface area contributed by atoms with Gasteiger partial charge in [0.1, 0.15) is 5.76 Å². The van der Waals surface area contributed by atoms with Crippen LogP contribution in [0.3, 0.4) is 0 Å². The van der Waals surface area contributed by atoms with Crippen LogP contribution in [0.1, 0.15) is 35.6 Å². The standard InChI is InChI=1S/C17H17F3N2O4/c18-17(19,20)13-4-2-1-3-10(13)7-12-8-11(5-6-22(12)16(24)25)14-9-15(23)21-26-14/h1-4,9,11-12H,5-8H2,(H,21,23)(H,24,25)/t11-,12-/m1/s1. The minimum Gasteiger partial charge on any atom is -0.465 e. The normalized spacial score (nSPS) is 21.0. The Balaban J connectivity index is 1.87. The van der Waals surface area contributed by atoms with E-state index in [0.717, 1.165) is 11.0 Å². The van der Waals surface area contributed by atoms with Gasteiger partial charge in [-0.05, 0) is 30.9 Å². The molecule has 1 saturated heterocycles. The third-order valence-electron chi connectivity index (χ3n) is 4.69. The number of aromatic nitrogens is 1. The van der Waals surface area contributed by atoms with Gasteiger partial charge in [-0.3, -0.25) is 4.79 Å². The number of rotatable bonds is 3. The van der Waals surface area contributed by atoms with Crippen molar-refractivity contribution in [1.82, 2.24) is 10.1 Å². The number of likely N-dealkylation sites (tertiary alicyclic amines) is 1. The van der Waals surface area contributed by atoms with Crippen LogP contribution in [0.5, 0.6) is 0 Å². The molecule has 1 fully saturated rings. The van der Waals surface area contributed by atoms with Crippen LogP contribution >= 0.6 is 0 Å². The molecule has 1 aliphatic rings. The van der Waals surface area contributed by atoms with E-state index in [-0.39, 0.29) is 30.9 Å². The maximum Gasteiger partial charge on any atom is 0.416 e. The Hall–Kier alpha value is -2.71. The summed E-state index contributed by atoms with van der Waals surface area (Å²) in [6.45, 7) is 0.160. The van der Waals surface area contributed by atoms with Gasteiger partial charge in [-0.1, -0.05) is 18.2 Å². The van der Waals surface area contributed by atoms with E-state index in [1.807, 2.05) is 0 Å². The maximum absolute atomic E-state index is 13.2. The van der Waals surface area contributed by atoms with Crippen molar-refractivity contribution in [1.29, 1.82) is 0 Å². The van der Waals surface area contributed by atoms with Gasteiger partial charge in [-0.15, -0.1) is 0 Å². The number of carbonyl (C=O) groups is 1. The number of alkyl halides is 3. The number of amides is 1. The molecule has 0 aliphatic carbocycles. The lowest BCUT2D eigenvalue weighted by Crippen LogP contribution is -2.46. The predicted octanol–water partition coefficient (Wildman–Crippen LogP) is 3.46. The molecular formula is C17H17F3N2O4. The molecule has 0 saturated carbocycles. The van der Waals surface area contributed by atoms with Crippen molar-refractivity contribution in [3.05, 3.63) is 57.6 Å². The van der Waals surface area contributed by atoms with Crippen molar-refractivity contribution in [3.8, 4) is 0 Å². The third kappa shape index (κ3) is 3.76. The second-order valence-corrected chi connectivity index (χ2v) is 6.33. The molecule has 2 aromatic rings. The number of H-pyrrole nitrogens is 1. The summed E-state index contributed by atoms with van der Waals surface area (Å²) in [5, 5.41) is 11.6. The van der Waals surface area contributed by atoms with Crippen molar-refractivity contribution in [3.63, 3.8) is 0 Å². The van der Waals surface area contributed by atoms with Crippen LogP contribution in [0.15, 0.2) is 39.6 Å². The molecule has 2 atom stereocenters. The van der Waals surface area contributed by atoms with Crippen LogP contribution in [-0.4, -0.2) is 33.8 Å². The Morgan fingerprint density at radius 2 is 2.08 bits per heavy atom. The molecule has 3 rings (SSSR count). The number of aromatic amines is 1. The molecule has 9 heteroatoms. The van der Waals surface area contributed by atoms with Gasteiger partial charge in [0.05, 0.1) is 5.56 Å². The highest BCUT2D eigenvalue weighted by Gasteiger charge is 2.37. The van der Waals surface area contributed by atoms with Gasteiger partial charge in [0.25, 0.3) is 5.56 Å². The fraction of sp³-hybridized carbons (Fsp3) is 0.412. The largest absolute Gasteiger partial charge is 0.465 e. The Labute approximate surface area is 146 Å². The first-order valence-corrected chi connectivity index (χ1v) is 8.09. The zero-order valence-electron chi connectivity index (χ0n) is 13.6. The molecule has 0 spiro atoms. The highest BCUT2D eigenvalue weighted by atomic mass is 19.4. The number of carboxylic acid groups (broad SMARTS) is 1. The van der Waals surface area contributed by atoms with Gasteiger partial charge in [-0.2, -0.15) is 18.3 Å². The minimum absolute atomic E-state index is 0.0485. The average molecular weight is 370 g/mol. The quantitative estimate of drug-likeness (QED) is 0.866. The molecular weight excluding hydrogens is 353 g/mol. The fourth-order valence-corrected chi connectivity index (χ4v) is 3.48. The van der Waals surface area contributed by atoms with E-state index in [2.05, 4.69) is 5.16 Å². The Bertz CT molecular complexity index is 843. The maximum atomic E-state index is 13.2. The zero-order valence-corrected chi connectivity index (χ0v) is 13.6. The van der Waals surface area contributed by atoms with E-state index in [1.54, 1.807) is 0 Å². The van der Waals surface area contributed by atoms with E-state index in [0.29, 0.717) is 12.2 Å². The van der Waals surface area contributed by atoms with Crippen LogP contribution in [0.2, 0.25) is 0 Å². The molecule has 2 heterocycles. The van der Waals surface area contributed by atoms with E-state index in [1.165, 1.54) is 24.3 Å². The predicted molar refractivity (Wildman–Crippen MR) is 85.0 cm³/mol. The number of halogens is 3. The zero-order chi connectivity index (χ0) is 18.9. The van der Waals surface area contributed by atoms with Crippen LogP contribution in [0.25, 0.3) is 0 Å². The summed E-state index contributed by atoms with van der Waals surface area (Å²) in [6.07, 6.45) is -5.03. The molecule has 0 radical (unpaired) electrons. The Kier molecular flexibility index (Phi) is 4.80. The second kappa shape index (κ2) is 6.89. The molecule has 26 heavy (non-hydrogen) atoms. The third-order valence-corrected chi connectivity index (χ3v) is 4.69. The first-order valence-electron chi connectivity index (χ1n) is 8.09. The van der Waals surface area contributed by atoms with Gasteiger partial charge >= 0.3 is 12.3 Å². The van der Waals surface area contributed by atoms with Crippen LogP contribution < -0.4 is 5.56 Å². The number of benzene rings is 1. The van der Waals surface area contributed by atoms with Crippen molar-refractivity contribution in [2.45, 2.75) is 37.4 Å². The minimum atomic E-state index is -4.51. The highest BCUT2D eigenvalue weighted by molar-refractivity contribution is 5.65. The summed E-state index contributed by atoms with van der Waals surface area (Å²) in [5.74, 6) is 0.168. The number of hydrogen-bond acceptors (Lipinski definition) is 3. The van der Waals surface area contributed by atoms with Crippen LogP contribution in [-0.2, 0) is 12.6 Å². The molecule has 1 aromatic carbocycles. The SMILES string of the molecule is O=C(O)N1CC[C@@H](c2cc(=O)[nH]o2)C[C@H]1Cc1ccccc1C(F)(F)F. The fourth-order valence-electron chi connectivity index (χ4n) is 3.48. The topological polar surface area (TPSA) is 86.5 Å². The number of piperidine rings is 1. The van der Waals surface area contributed by atoms with Crippen molar-refractivity contribution in [2.24, 2.45) is 0 Å². The summed E-state index contributed by atoms with van der Waals surface area (Å²) in [5.41, 5.74) is -1.12. The van der Waals surface area contributed by atoms with E-state index in [9.17, 15) is 27.9 Å². The number of nitrogens with one attached hydrogen (secondary N) is 1. The molecule has 1 aliphatic heterocycles.